The molecule has 0 aromatic carbocycles. The molecule has 2 fully saturated rings. The minimum atomic E-state index is 0. The van der Waals surface area contributed by atoms with Crippen LogP contribution >= 0.6 is 24.8 Å². The van der Waals surface area contributed by atoms with E-state index in [9.17, 15) is 0 Å². The molecule has 116 valence electrons. The highest BCUT2D eigenvalue weighted by atomic mass is 35.5. The molecule has 5 nitrogen and oxygen atoms in total. The maximum Gasteiger partial charge on any atom is 0.165 e. The van der Waals surface area contributed by atoms with Crippen LogP contribution in [-0.4, -0.2) is 26.1 Å². The second kappa shape index (κ2) is 6.79. The number of anilines is 1. The molecule has 1 N–H and O–H groups in total. The number of fused-ring (bicyclic) bond motifs is 1. The third-order valence-electron chi connectivity index (χ3n) is 4.33. The van der Waals surface area contributed by atoms with E-state index in [-0.39, 0.29) is 24.8 Å². The lowest BCUT2D eigenvalue weighted by molar-refractivity contribution is 0.529. The second-order valence-corrected chi connectivity index (χ2v) is 5.81. The van der Waals surface area contributed by atoms with Crippen LogP contribution in [0.5, 0.6) is 0 Å². The van der Waals surface area contributed by atoms with E-state index in [0.717, 1.165) is 29.4 Å². The van der Waals surface area contributed by atoms with Gasteiger partial charge in [0.2, 0.25) is 0 Å². The first kappa shape index (κ1) is 16.3. The van der Waals surface area contributed by atoms with Gasteiger partial charge in [-0.05, 0) is 31.6 Å². The minimum absolute atomic E-state index is 0. The van der Waals surface area contributed by atoms with Crippen molar-refractivity contribution in [3.8, 4) is 0 Å². The molecule has 2 aromatic heterocycles. The monoisotopic (exact) mass is 329 g/mol. The summed E-state index contributed by atoms with van der Waals surface area (Å²) in [6.45, 7) is 1.02. The van der Waals surface area contributed by atoms with Gasteiger partial charge < -0.3 is 9.88 Å². The van der Waals surface area contributed by atoms with Gasteiger partial charge in [-0.15, -0.1) is 24.8 Å². The topological polar surface area (TPSA) is 55.6 Å². The molecule has 0 bridgehead atoms. The summed E-state index contributed by atoms with van der Waals surface area (Å²) in [6.07, 6.45) is 11.4. The van der Waals surface area contributed by atoms with Crippen molar-refractivity contribution in [3.05, 3.63) is 12.7 Å². The molecule has 4 rings (SSSR count). The Labute approximate surface area is 136 Å². The fourth-order valence-corrected chi connectivity index (χ4v) is 2.99. The third-order valence-corrected chi connectivity index (χ3v) is 4.33. The maximum atomic E-state index is 4.54. The summed E-state index contributed by atoms with van der Waals surface area (Å²) in [5.74, 6) is 1.73. The highest BCUT2D eigenvalue weighted by molar-refractivity contribution is 5.85. The van der Waals surface area contributed by atoms with Crippen molar-refractivity contribution < 1.29 is 0 Å². The molecule has 2 aliphatic carbocycles. The number of nitrogens with zero attached hydrogens (tertiary/aromatic N) is 4. The lowest BCUT2D eigenvalue weighted by Crippen LogP contribution is -2.07. The Kier molecular flexibility index (Phi) is 5.27. The molecule has 0 amide bonds. The van der Waals surface area contributed by atoms with Crippen molar-refractivity contribution in [1.29, 1.82) is 0 Å². The van der Waals surface area contributed by atoms with Gasteiger partial charge in [0.05, 0.1) is 6.33 Å². The first-order chi connectivity index (χ1) is 9.42. The molecule has 2 saturated carbocycles. The Morgan fingerprint density at radius 2 is 1.81 bits per heavy atom. The molecule has 0 saturated heterocycles. The van der Waals surface area contributed by atoms with Crippen LogP contribution in [0.25, 0.3) is 11.2 Å². The van der Waals surface area contributed by atoms with Gasteiger partial charge in [-0.25, -0.2) is 15.0 Å². The molecule has 0 aliphatic heterocycles. The van der Waals surface area contributed by atoms with E-state index in [1.54, 1.807) is 6.33 Å². The zero-order valence-corrected chi connectivity index (χ0v) is 13.5. The molecular formula is C14H21Cl2N5. The van der Waals surface area contributed by atoms with E-state index < -0.39 is 0 Å². The Balaban J connectivity index is 0.000000807. The van der Waals surface area contributed by atoms with Gasteiger partial charge in [-0.1, -0.05) is 12.8 Å². The van der Waals surface area contributed by atoms with E-state index in [1.165, 1.54) is 38.5 Å². The highest BCUT2D eigenvalue weighted by Crippen LogP contribution is 2.33. The Morgan fingerprint density at radius 3 is 2.52 bits per heavy atom. The number of nitrogens with one attached hydrogen (secondary N) is 1. The molecule has 0 radical (unpaired) electrons. The summed E-state index contributed by atoms with van der Waals surface area (Å²) >= 11 is 0. The first-order valence-corrected chi connectivity index (χ1v) is 7.33. The maximum absolute atomic E-state index is 4.54. The average Bonchev–Trinajstić information content (AvgIpc) is 2.92. The average molecular weight is 330 g/mol. The smallest absolute Gasteiger partial charge is 0.165 e. The van der Waals surface area contributed by atoms with Crippen molar-refractivity contribution in [2.75, 3.05) is 11.9 Å². The number of imidazole rings is 1. The van der Waals surface area contributed by atoms with Crippen molar-refractivity contribution in [1.82, 2.24) is 19.5 Å². The lowest BCUT2D eigenvalue weighted by Gasteiger charge is -2.11. The Hall–Kier alpha value is -1.07. The first-order valence-electron chi connectivity index (χ1n) is 7.33. The van der Waals surface area contributed by atoms with Crippen LogP contribution in [0.3, 0.4) is 0 Å². The fraction of sp³-hybridized carbons (Fsp3) is 0.643. The largest absolute Gasteiger partial charge is 0.368 e. The van der Waals surface area contributed by atoms with E-state index in [0.29, 0.717) is 6.04 Å². The molecule has 0 unspecified atom stereocenters. The molecule has 2 heterocycles. The van der Waals surface area contributed by atoms with Crippen LogP contribution in [0, 0.1) is 5.92 Å². The summed E-state index contributed by atoms with van der Waals surface area (Å²) in [7, 11) is 0. The third kappa shape index (κ3) is 3.24. The van der Waals surface area contributed by atoms with E-state index in [2.05, 4.69) is 24.8 Å². The predicted molar refractivity (Wildman–Crippen MR) is 88.5 cm³/mol. The molecule has 21 heavy (non-hydrogen) atoms. The van der Waals surface area contributed by atoms with Crippen LogP contribution in [0.15, 0.2) is 12.7 Å². The van der Waals surface area contributed by atoms with Gasteiger partial charge in [0.15, 0.2) is 11.5 Å². The van der Waals surface area contributed by atoms with Crippen molar-refractivity contribution >= 4 is 41.8 Å². The van der Waals surface area contributed by atoms with Crippen LogP contribution < -0.4 is 5.32 Å². The van der Waals surface area contributed by atoms with Gasteiger partial charge in [0, 0.05) is 12.6 Å². The number of hydrogen-bond donors (Lipinski definition) is 1. The van der Waals surface area contributed by atoms with E-state index in [1.807, 2.05) is 6.33 Å². The SMILES string of the molecule is Cl.Cl.c1nc(NCC2CC2)c2ncn(C3CCCC3)c2n1. The van der Waals surface area contributed by atoms with E-state index in [4.69, 9.17) is 0 Å². The van der Waals surface area contributed by atoms with Gasteiger partial charge >= 0.3 is 0 Å². The number of aromatic nitrogens is 4. The zero-order valence-electron chi connectivity index (χ0n) is 11.9. The summed E-state index contributed by atoms with van der Waals surface area (Å²) in [6, 6.07) is 0.580. The second-order valence-electron chi connectivity index (χ2n) is 5.81. The predicted octanol–water partition coefficient (Wildman–Crippen LogP) is 3.61. The summed E-state index contributed by atoms with van der Waals surface area (Å²) in [5, 5.41) is 3.43. The fourth-order valence-electron chi connectivity index (χ4n) is 2.99. The normalized spacial score (nSPS) is 18.3. The van der Waals surface area contributed by atoms with Crippen LogP contribution in [0.2, 0.25) is 0 Å². The van der Waals surface area contributed by atoms with Crippen LogP contribution in [0.1, 0.15) is 44.6 Å². The molecule has 2 aliphatic rings. The summed E-state index contributed by atoms with van der Waals surface area (Å²) in [4.78, 5) is 13.3. The highest BCUT2D eigenvalue weighted by Gasteiger charge is 2.23. The van der Waals surface area contributed by atoms with Gasteiger partial charge in [0.1, 0.15) is 11.8 Å². The molecular weight excluding hydrogens is 309 g/mol. The number of rotatable bonds is 4. The van der Waals surface area contributed by atoms with Crippen molar-refractivity contribution in [3.63, 3.8) is 0 Å². The van der Waals surface area contributed by atoms with E-state index >= 15 is 0 Å². The van der Waals surface area contributed by atoms with Gasteiger partial charge in [-0.3, -0.25) is 0 Å². The van der Waals surface area contributed by atoms with Crippen molar-refractivity contribution in [2.24, 2.45) is 5.92 Å². The number of halogens is 2. The lowest BCUT2D eigenvalue weighted by atomic mass is 10.2. The van der Waals surface area contributed by atoms with Crippen molar-refractivity contribution in [2.45, 2.75) is 44.6 Å². The molecule has 0 spiro atoms. The van der Waals surface area contributed by atoms with Crippen LogP contribution in [-0.2, 0) is 0 Å². The number of hydrogen-bond acceptors (Lipinski definition) is 4. The zero-order chi connectivity index (χ0) is 12.7. The molecule has 7 heteroatoms. The van der Waals surface area contributed by atoms with Gasteiger partial charge in [0.25, 0.3) is 0 Å². The standard InChI is InChI=1S/C14H19N5.2ClH/c1-2-4-11(3-1)19-9-18-12-13(15-7-10-5-6-10)16-8-17-14(12)19;;/h8-11H,1-7H2,(H,15,16,17);2*1H. The minimum Gasteiger partial charge on any atom is -0.368 e. The Morgan fingerprint density at radius 1 is 1.05 bits per heavy atom. The van der Waals surface area contributed by atoms with Gasteiger partial charge in [-0.2, -0.15) is 0 Å². The van der Waals surface area contributed by atoms with Crippen LogP contribution in [0.4, 0.5) is 5.82 Å². The molecule has 0 atom stereocenters. The molecule has 2 aromatic rings. The quantitative estimate of drug-likeness (QED) is 0.930. The summed E-state index contributed by atoms with van der Waals surface area (Å²) in [5.41, 5.74) is 1.91. The summed E-state index contributed by atoms with van der Waals surface area (Å²) < 4.78 is 2.24. The Bertz CT molecular complexity index is 590.